The molecule has 0 spiro atoms. The zero-order valence-corrected chi connectivity index (χ0v) is 28.0. The van der Waals surface area contributed by atoms with Crippen LogP contribution in [0.4, 0.5) is 0 Å². The number of imidazole rings is 1. The van der Waals surface area contributed by atoms with E-state index in [-0.39, 0.29) is 0 Å². The van der Waals surface area contributed by atoms with Crippen LogP contribution >= 0.6 is 0 Å². The molecule has 0 aliphatic heterocycles. The Morgan fingerprint density at radius 2 is 1.08 bits per heavy atom. The molecule has 3 aromatic heterocycles. The van der Waals surface area contributed by atoms with Gasteiger partial charge in [-0.05, 0) is 59.7 Å². The fraction of sp³-hybridized carbons (Fsp3) is 0. The number of furan rings is 1. The maximum atomic E-state index is 6.44. The minimum atomic E-state index is 0.684. The molecule has 0 N–H and O–H groups in total. The summed E-state index contributed by atoms with van der Waals surface area (Å²) in [6.45, 7) is 0. The fourth-order valence-electron chi connectivity index (χ4n) is 7.15. The highest BCUT2D eigenvalue weighted by atomic mass is 16.3. The van der Waals surface area contributed by atoms with Gasteiger partial charge in [0.25, 0.3) is 0 Å². The first-order valence-electron chi connectivity index (χ1n) is 17.4. The summed E-state index contributed by atoms with van der Waals surface area (Å²) < 4.78 is 8.67. The van der Waals surface area contributed by atoms with Crippen LogP contribution in [0.15, 0.2) is 186 Å². The second-order valence-corrected chi connectivity index (χ2v) is 12.9. The first-order chi connectivity index (χ1) is 25.8. The van der Waals surface area contributed by atoms with Crippen molar-refractivity contribution in [1.82, 2.24) is 19.5 Å². The zero-order chi connectivity index (χ0) is 34.4. The summed E-state index contributed by atoms with van der Waals surface area (Å²) in [5.74, 6) is 1.60. The standard InChI is InChI=1S/C47H30N4O/c1-4-13-32(14-5-1)40-30-41(49-46(48-40)33-15-6-2-7-16-33)37-19-12-22-44-45(37)38-29-35(27-28-43(38)52-44)31-23-25-34(26-24-31)47-50-39-20-10-11-21-42(39)51(47)36-17-8-3-9-18-36/h1-30H. The van der Waals surface area contributed by atoms with Crippen LogP contribution in [0.5, 0.6) is 0 Å². The normalized spacial score (nSPS) is 11.5. The van der Waals surface area contributed by atoms with Gasteiger partial charge in [0.15, 0.2) is 5.82 Å². The average molecular weight is 667 g/mol. The van der Waals surface area contributed by atoms with E-state index in [1.165, 1.54) is 0 Å². The first-order valence-corrected chi connectivity index (χ1v) is 17.4. The van der Waals surface area contributed by atoms with Gasteiger partial charge in [-0.25, -0.2) is 15.0 Å². The van der Waals surface area contributed by atoms with Gasteiger partial charge in [0, 0.05) is 38.7 Å². The number of para-hydroxylation sites is 3. The minimum Gasteiger partial charge on any atom is -0.456 e. The van der Waals surface area contributed by atoms with E-state index in [1.54, 1.807) is 0 Å². The van der Waals surface area contributed by atoms with Crippen LogP contribution in [0.3, 0.4) is 0 Å². The van der Waals surface area contributed by atoms with E-state index in [0.29, 0.717) is 5.82 Å². The molecule has 0 amide bonds. The molecule has 0 aliphatic rings. The number of nitrogens with zero attached hydrogens (tertiary/aromatic N) is 4. The van der Waals surface area contributed by atoms with Crippen LogP contribution in [0.25, 0.3) is 95.1 Å². The average Bonchev–Trinajstić information content (AvgIpc) is 3.80. The second kappa shape index (κ2) is 12.3. The molecule has 52 heavy (non-hydrogen) atoms. The van der Waals surface area contributed by atoms with E-state index in [0.717, 1.165) is 89.3 Å². The van der Waals surface area contributed by atoms with Crippen molar-refractivity contribution in [2.75, 3.05) is 0 Å². The number of fused-ring (bicyclic) bond motifs is 4. The van der Waals surface area contributed by atoms with E-state index in [1.807, 2.05) is 60.7 Å². The van der Waals surface area contributed by atoms with Crippen molar-refractivity contribution in [3.05, 3.63) is 182 Å². The predicted octanol–water partition coefficient (Wildman–Crippen LogP) is 12.0. The van der Waals surface area contributed by atoms with Crippen molar-refractivity contribution < 1.29 is 4.42 Å². The highest BCUT2D eigenvalue weighted by Crippen LogP contribution is 2.39. The lowest BCUT2D eigenvalue weighted by molar-refractivity contribution is 0.669. The van der Waals surface area contributed by atoms with E-state index < -0.39 is 0 Å². The number of rotatable bonds is 6. The van der Waals surface area contributed by atoms with Crippen LogP contribution in [-0.4, -0.2) is 19.5 Å². The Labute approximate surface area is 300 Å². The molecule has 0 saturated carbocycles. The number of aromatic nitrogens is 4. The molecule has 10 aromatic rings. The molecule has 0 fully saturated rings. The number of hydrogen-bond acceptors (Lipinski definition) is 4. The highest BCUT2D eigenvalue weighted by Gasteiger charge is 2.18. The van der Waals surface area contributed by atoms with Crippen molar-refractivity contribution >= 4 is 33.0 Å². The van der Waals surface area contributed by atoms with E-state index in [9.17, 15) is 0 Å². The molecule has 7 aromatic carbocycles. The number of benzene rings is 7. The summed E-state index contributed by atoms with van der Waals surface area (Å²) in [7, 11) is 0. The van der Waals surface area contributed by atoms with Crippen LogP contribution in [0.1, 0.15) is 0 Å². The molecular formula is C47H30N4O. The molecule has 10 rings (SSSR count). The van der Waals surface area contributed by atoms with Gasteiger partial charge >= 0.3 is 0 Å². The maximum Gasteiger partial charge on any atom is 0.160 e. The Kier molecular flexibility index (Phi) is 7.07. The van der Waals surface area contributed by atoms with Gasteiger partial charge in [0.1, 0.15) is 17.0 Å². The Morgan fingerprint density at radius 3 is 1.87 bits per heavy atom. The molecule has 5 nitrogen and oxygen atoms in total. The monoisotopic (exact) mass is 666 g/mol. The van der Waals surface area contributed by atoms with Gasteiger partial charge in [-0.1, -0.05) is 133 Å². The molecule has 0 aliphatic carbocycles. The summed E-state index contributed by atoms with van der Waals surface area (Å²) in [5, 5.41) is 2.07. The third-order valence-corrected chi connectivity index (χ3v) is 9.65. The molecule has 244 valence electrons. The summed E-state index contributed by atoms with van der Waals surface area (Å²) in [6, 6.07) is 62.5. The van der Waals surface area contributed by atoms with Crippen LogP contribution < -0.4 is 0 Å². The number of hydrogen-bond donors (Lipinski definition) is 0. The Hall–Kier alpha value is -7.11. The molecular weight excluding hydrogens is 637 g/mol. The van der Waals surface area contributed by atoms with E-state index in [4.69, 9.17) is 19.4 Å². The maximum absolute atomic E-state index is 6.44. The second-order valence-electron chi connectivity index (χ2n) is 12.9. The molecule has 0 unspecified atom stereocenters. The SMILES string of the molecule is c1ccc(-c2cc(-c3cccc4oc5ccc(-c6ccc(-c7nc8ccccc8n7-c7ccccc7)cc6)cc5c34)nc(-c3ccccc3)n2)cc1. The Bertz CT molecular complexity index is 2820. The van der Waals surface area contributed by atoms with Crippen molar-refractivity contribution in [2.45, 2.75) is 0 Å². The Morgan fingerprint density at radius 1 is 0.423 bits per heavy atom. The lowest BCUT2D eigenvalue weighted by atomic mass is 9.98. The first kappa shape index (κ1) is 29.8. The third kappa shape index (κ3) is 5.15. The van der Waals surface area contributed by atoms with Crippen LogP contribution in [0, 0.1) is 0 Å². The summed E-state index contributed by atoms with van der Waals surface area (Å²) >= 11 is 0. The lowest BCUT2D eigenvalue weighted by Crippen LogP contribution is -1.97. The van der Waals surface area contributed by atoms with Gasteiger partial charge < -0.3 is 4.42 Å². The minimum absolute atomic E-state index is 0.684. The summed E-state index contributed by atoms with van der Waals surface area (Å²) in [5.41, 5.74) is 12.8. The quantitative estimate of drug-likeness (QED) is 0.177. The topological polar surface area (TPSA) is 56.7 Å². The van der Waals surface area contributed by atoms with Gasteiger partial charge in [-0.2, -0.15) is 0 Å². The van der Waals surface area contributed by atoms with Crippen molar-refractivity contribution in [3.63, 3.8) is 0 Å². The predicted molar refractivity (Wildman–Crippen MR) is 211 cm³/mol. The van der Waals surface area contributed by atoms with Gasteiger partial charge in [0.05, 0.1) is 22.4 Å². The van der Waals surface area contributed by atoms with Gasteiger partial charge in [0.2, 0.25) is 0 Å². The van der Waals surface area contributed by atoms with Crippen LogP contribution in [-0.2, 0) is 0 Å². The van der Waals surface area contributed by atoms with Crippen LogP contribution in [0.2, 0.25) is 0 Å². The Balaban J connectivity index is 1.09. The summed E-state index contributed by atoms with van der Waals surface area (Å²) in [4.78, 5) is 15.2. The molecule has 0 radical (unpaired) electrons. The van der Waals surface area contributed by atoms with E-state index in [2.05, 4.69) is 126 Å². The highest BCUT2D eigenvalue weighted by molar-refractivity contribution is 6.13. The third-order valence-electron chi connectivity index (χ3n) is 9.65. The van der Waals surface area contributed by atoms with Crippen molar-refractivity contribution in [2.24, 2.45) is 0 Å². The van der Waals surface area contributed by atoms with Gasteiger partial charge in [-0.3, -0.25) is 4.57 Å². The van der Waals surface area contributed by atoms with Crippen molar-refractivity contribution in [1.29, 1.82) is 0 Å². The fourth-order valence-corrected chi connectivity index (χ4v) is 7.15. The molecule has 0 saturated heterocycles. The van der Waals surface area contributed by atoms with Gasteiger partial charge in [-0.15, -0.1) is 0 Å². The summed E-state index contributed by atoms with van der Waals surface area (Å²) in [6.07, 6.45) is 0. The molecule has 3 heterocycles. The largest absolute Gasteiger partial charge is 0.456 e. The van der Waals surface area contributed by atoms with E-state index >= 15 is 0 Å². The zero-order valence-electron chi connectivity index (χ0n) is 28.0. The lowest BCUT2D eigenvalue weighted by Gasteiger charge is -2.11. The molecule has 0 bridgehead atoms. The van der Waals surface area contributed by atoms with Crippen molar-refractivity contribution in [3.8, 4) is 62.1 Å². The molecule has 0 atom stereocenters. The molecule has 5 heteroatoms. The smallest absolute Gasteiger partial charge is 0.160 e.